The number of carbonyl (C=O) groups is 2. The molecular weight excluding hydrogens is 441 g/mol. The highest BCUT2D eigenvalue weighted by Crippen LogP contribution is 2.44. The number of carbonyl (C=O) groups excluding carboxylic acids is 2. The Morgan fingerprint density at radius 2 is 1.58 bits per heavy atom. The van der Waals surface area contributed by atoms with Gasteiger partial charge in [0.05, 0.1) is 15.7 Å². The van der Waals surface area contributed by atoms with Crippen LogP contribution in [-0.4, -0.2) is 36.9 Å². The molecule has 8 heteroatoms. The van der Waals surface area contributed by atoms with E-state index in [9.17, 15) is 9.59 Å². The van der Waals surface area contributed by atoms with Crippen LogP contribution >= 0.6 is 23.2 Å². The van der Waals surface area contributed by atoms with Crippen LogP contribution in [0.1, 0.15) is 58.8 Å². The summed E-state index contributed by atoms with van der Waals surface area (Å²) in [6, 6.07) is 3.10. The second kappa shape index (κ2) is 9.10. The quantitative estimate of drug-likeness (QED) is 0.394. The molecule has 0 radical (unpaired) electrons. The summed E-state index contributed by atoms with van der Waals surface area (Å²) >= 11 is 12.9. The number of benzene rings is 1. The normalized spacial score (nSPS) is 23.0. The van der Waals surface area contributed by atoms with E-state index in [1.165, 1.54) is 6.07 Å². The highest BCUT2D eigenvalue weighted by molar-refractivity contribution is 6.41. The molecule has 31 heavy (non-hydrogen) atoms. The zero-order chi connectivity index (χ0) is 22.2. The third-order valence-corrected chi connectivity index (χ3v) is 6.76. The molecule has 1 unspecified atom stereocenters. The molecule has 4 rings (SSSR count). The highest BCUT2D eigenvalue weighted by Gasteiger charge is 2.47. The van der Waals surface area contributed by atoms with Gasteiger partial charge in [-0.3, -0.25) is 9.59 Å². The number of nitrogens with zero attached hydrogens (tertiary/aromatic N) is 1. The van der Waals surface area contributed by atoms with Crippen LogP contribution in [0.25, 0.3) is 0 Å². The van der Waals surface area contributed by atoms with Crippen LogP contribution in [0.2, 0.25) is 10.0 Å². The second-order valence-electron chi connectivity index (χ2n) is 8.02. The fourth-order valence-electron chi connectivity index (χ4n) is 4.82. The zero-order valence-electron chi connectivity index (χ0n) is 17.8. The lowest BCUT2D eigenvalue weighted by Gasteiger charge is -2.35. The predicted octanol–water partition coefficient (Wildman–Crippen LogP) is 5.44. The van der Waals surface area contributed by atoms with Gasteiger partial charge in [0.1, 0.15) is 5.75 Å². The average Bonchev–Trinajstić information content (AvgIpc) is 3.24. The first kappa shape index (κ1) is 22.6. The number of anilines is 1. The molecule has 0 bridgehead atoms. The van der Waals surface area contributed by atoms with E-state index in [0.717, 1.165) is 37.0 Å². The van der Waals surface area contributed by atoms with E-state index < -0.39 is 5.79 Å². The highest BCUT2D eigenvalue weighted by atomic mass is 35.5. The zero-order valence-corrected chi connectivity index (χ0v) is 19.4. The number of ether oxygens (including phenoxy) is 3. The summed E-state index contributed by atoms with van der Waals surface area (Å²) in [4.78, 5) is 27.1. The van der Waals surface area contributed by atoms with Gasteiger partial charge in [-0.05, 0) is 58.4 Å². The van der Waals surface area contributed by atoms with Crippen molar-refractivity contribution in [3.05, 3.63) is 33.3 Å². The number of halogens is 2. The molecule has 0 spiro atoms. The lowest BCUT2D eigenvalue weighted by Crippen LogP contribution is -2.46. The van der Waals surface area contributed by atoms with E-state index in [4.69, 9.17) is 37.4 Å². The van der Waals surface area contributed by atoms with Gasteiger partial charge in [0.2, 0.25) is 5.79 Å². The third kappa shape index (κ3) is 3.99. The Kier molecular flexibility index (Phi) is 6.63. The van der Waals surface area contributed by atoms with Gasteiger partial charge in [0.25, 0.3) is 11.8 Å². The maximum absolute atomic E-state index is 13.0. The van der Waals surface area contributed by atoms with Gasteiger partial charge in [-0.15, -0.1) is 0 Å². The Morgan fingerprint density at radius 1 is 0.968 bits per heavy atom. The molecule has 1 atom stereocenters. The molecule has 1 aliphatic heterocycles. The number of hydrogen-bond acceptors (Lipinski definition) is 5. The standard InChI is InChI=1S/C23H27Cl2NO5/c1-3-29-23(30-4-2)11-7-10-20(23)31-19-13-18(16(24)12-17(19)25)26-21(27)14-8-5-6-9-15(14)22(26)28/h12-13,20H,3-11H2,1-2H3. The summed E-state index contributed by atoms with van der Waals surface area (Å²) in [5, 5.41) is 0.533. The van der Waals surface area contributed by atoms with E-state index in [-0.39, 0.29) is 22.9 Å². The number of amides is 2. The maximum Gasteiger partial charge on any atom is 0.261 e. The molecule has 2 aliphatic carbocycles. The first-order valence-corrected chi connectivity index (χ1v) is 11.7. The Balaban J connectivity index is 1.65. The Morgan fingerprint density at radius 3 is 2.16 bits per heavy atom. The molecule has 0 saturated heterocycles. The fraction of sp³-hybridized carbons (Fsp3) is 0.565. The molecule has 1 aromatic carbocycles. The molecule has 0 N–H and O–H groups in total. The van der Waals surface area contributed by atoms with Gasteiger partial charge < -0.3 is 14.2 Å². The van der Waals surface area contributed by atoms with Crippen molar-refractivity contribution < 1.29 is 23.8 Å². The summed E-state index contributed by atoms with van der Waals surface area (Å²) in [5.74, 6) is -1.09. The van der Waals surface area contributed by atoms with Crippen LogP contribution in [0.15, 0.2) is 23.3 Å². The summed E-state index contributed by atoms with van der Waals surface area (Å²) < 4.78 is 18.2. The fourth-order valence-corrected chi connectivity index (χ4v) is 5.33. The number of rotatable bonds is 7. The first-order valence-electron chi connectivity index (χ1n) is 11.0. The second-order valence-corrected chi connectivity index (χ2v) is 8.83. The van der Waals surface area contributed by atoms with E-state index in [0.29, 0.717) is 53.7 Å². The Bertz CT molecular complexity index is 895. The summed E-state index contributed by atoms with van der Waals surface area (Å²) in [5.41, 5.74) is 1.50. The molecule has 1 aromatic rings. The Hall–Kier alpha value is -1.60. The third-order valence-electron chi connectivity index (χ3n) is 6.16. The van der Waals surface area contributed by atoms with Crippen molar-refractivity contribution >= 4 is 40.7 Å². The number of imide groups is 1. The van der Waals surface area contributed by atoms with Crippen LogP contribution in [-0.2, 0) is 19.1 Å². The van der Waals surface area contributed by atoms with E-state index >= 15 is 0 Å². The first-order chi connectivity index (χ1) is 14.9. The largest absolute Gasteiger partial charge is 0.483 e. The van der Waals surface area contributed by atoms with Gasteiger partial charge in [0.15, 0.2) is 6.10 Å². The van der Waals surface area contributed by atoms with Crippen LogP contribution in [0.3, 0.4) is 0 Å². The van der Waals surface area contributed by atoms with Gasteiger partial charge in [0, 0.05) is 36.8 Å². The molecule has 1 heterocycles. The smallest absolute Gasteiger partial charge is 0.261 e. The topological polar surface area (TPSA) is 65.1 Å². The summed E-state index contributed by atoms with van der Waals surface area (Å²) in [7, 11) is 0. The van der Waals surface area contributed by atoms with Crippen molar-refractivity contribution in [2.75, 3.05) is 18.1 Å². The van der Waals surface area contributed by atoms with E-state index in [2.05, 4.69) is 0 Å². The van der Waals surface area contributed by atoms with Crippen molar-refractivity contribution in [2.24, 2.45) is 0 Å². The van der Waals surface area contributed by atoms with Crippen LogP contribution in [0.5, 0.6) is 5.75 Å². The average molecular weight is 468 g/mol. The molecule has 0 aromatic heterocycles. The van der Waals surface area contributed by atoms with Crippen molar-refractivity contribution in [3.8, 4) is 5.75 Å². The minimum Gasteiger partial charge on any atom is -0.483 e. The minimum absolute atomic E-state index is 0.228. The minimum atomic E-state index is -0.841. The molecule has 1 fully saturated rings. The SMILES string of the molecule is CCOC1(OCC)CCCC1Oc1cc(N2C(=O)C3=C(CCCC3)C2=O)c(Cl)cc1Cl. The molecular formula is C23H27Cl2NO5. The van der Waals surface area contributed by atoms with Crippen molar-refractivity contribution in [2.45, 2.75) is 70.7 Å². The van der Waals surface area contributed by atoms with Crippen LogP contribution in [0.4, 0.5) is 5.69 Å². The van der Waals surface area contributed by atoms with Crippen molar-refractivity contribution in [1.82, 2.24) is 0 Å². The molecule has 1 saturated carbocycles. The maximum atomic E-state index is 13.0. The van der Waals surface area contributed by atoms with Crippen molar-refractivity contribution in [1.29, 1.82) is 0 Å². The molecule has 3 aliphatic rings. The van der Waals surface area contributed by atoms with Gasteiger partial charge in [-0.2, -0.15) is 0 Å². The van der Waals surface area contributed by atoms with Crippen molar-refractivity contribution in [3.63, 3.8) is 0 Å². The lowest BCUT2D eigenvalue weighted by molar-refractivity contribution is -0.262. The summed E-state index contributed by atoms with van der Waals surface area (Å²) in [6.45, 7) is 4.83. The van der Waals surface area contributed by atoms with Gasteiger partial charge in [-0.1, -0.05) is 23.2 Å². The van der Waals surface area contributed by atoms with E-state index in [1.807, 2.05) is 13.8 Å². The van der Waals surface area contributed by atoms with Gasteiger partial charge >= 0.3 is 0 Å². The molecule has 6 nitrogen and oxygen atoms in total. The Labute approximate surface area is 192 Å². The summed E-state index contributed by atoms with van der Waals surface area (Å²) in [6.07, 6.45) is 5.05. The number of hydrogen-bond donors (Lipinski definition) is 0. The van der Waals surface area contributed by atoms with Crippen LogP contribution in [0, 0.1) is 0 Å². The predicted molar refractivity (Wildman–Crippen MR) is 119 cm³/mol. The molecule has 2 amide bonds. The van der Waals surface area contributed by atoms with Crippen LogP contribution < -0.4 is 9.64 Å². The van der Waals surface area contributed by atoms with E-state index in [1.54, 1.807) is 6.07 Å². The lowest BCUT2D eigenvalue weighted by atomic mass is 9.93. The monoisotopic (exact) mass is 467 g/mol. The molecule has 168 valence electrons. The van der Waals surface area contributed by atoms with Gasteiger partial charge in [-0.25, -0.2) is 4.90 Å².